The zero-order valence-electron chi connectivity index (χ0n) is 12.6. The molecule has 19 heavy (non-hydrogen) atoms. The van der Waals surface area contributed by atoms with Gasteiger partial charge in [0.2, 0.25) is 0 Å². The van der Waals surface area contributed by atoms with Gasteiger partial charge in [0.15, 0.2) is 0 Å². The molecule has 1 aliphatic rings. The molecular weight excluding hydrogens is 242 g/mol. The molecule has 0 aromatic heterocycles. The third-order valence-electron chi connectivity index (χ3n) is 2.57. The highest BCUT2D eigenvalue weighted by Gasteiger charge is 2.36. The summed E-state index contributed by atoms with van der Waals surface area (Å²) >= 11 is 0. The van der Waals surface area contributed by atoms with Crippen molar-refractivity contribution < 1.29 is 9.53 Å². The number of amides is 1. The van der Waals surface area contributed by atoms with Crippen molar-refractivity contribution in [2.75, 3.05) is 6.54 Å². The van der Waals surface area contributed by atoms with Gasteiger partial charge >= 0.3 is 6.09 Å². The lowest BCUT2D eigenvalue weighted by molar-refractivity contribution is 0.0365. The van der Waals surface area contributed by atoms with Crippen LogP contribution in [-0.2, 0) is 4.74 Å². The smallest absolute Gasteiger partial charge is 0.415 e. The first-order valence-corrected chi connectivity index (χ1v) is 6.53. The number of allylic oxidation sites excluding steroid dienone is 1. The van der Waals surface area contributed by atoms with Gasteiger partial charge < -0.3 is 10.5 Å². The SMILES string of the molecule is C=C(N)CCC1=NC(C)(C)CN1C(=O)OC(C)(C)C. The minimum Gasteiger partial charge on any atom is -0.443 e. The van der Waals surface area contributed by atoms with Crippen LogP contribution in [0.3, 0.4) is 0 Å². The van der Waals surface area contributed by atoms with E-state index in [0.29, 0.717) is 25.1 Å². The maximum Gasteiger partial charge on any atom is 0.415 e. The van der Waals surface area contributed by atoms with Crippen LogP contribution in [0.25, 0.3) is 0 Å². The predicted molar refractivity (Wildman–Crippen MR) is 77.0 cm³/mol. The average molecular weight is 267 g/mol. The van der Waals surface area contributed by atoms with Gasteiger partial charge in [-0.25, -0.2) is 4.79 Å². The Kier molecular flexibility index (Phi) is 4.28. The van der Waals surface area contributed by atoms with Gasteiger partial charge in [-0.15, -0.1) is 0 Å². The fourth-order valence-corrected chi connectivity index (χ4v) is 1.87. The Hall–Kier alpha value is -1.52. The highest BCUT2D eigenvalue weighted by atomic mass is 16.6. The Bertz CT molecular complexity index is 405. The van der Waals surface area contributed by atoms with E-state index in [4.69, 9.17) is 10.5 Å². The Morgan fingerprint density at radius 2 is 2.11 bits per heavy atom. The third-order valence-corrected chi connectivity index (χ3v) is 2.57. The molecule has 5 nitrogen and oxygen atoms in total. The number of hydrogen-bond donors (Lipinski definition) is 1. The maximum absolute atomic E-state index is 12.2. The summed E-state index contributed by atoms with van der Waals surface area (Å²) in [5.74, 6) is 0.728. The molecule has 1 heterocycles. The molecule has 0 fully saturated rings. The van der Waals surface area contributed by atoms with Crippen LogP contribution in [0.15, 0.2) is 17.3 Å². The van der Waals surface area contributed by atoms with E-state index >= 15 is 0 Å². The summed E-state index contributed by atoms with van der Waals surface area (Å²) in [4.78, 5) is 18.3. The molecule has 0 radical (unpaired) electrons. The van der Waals surface area contributed by atoms with Gasteiger partial charge in [-0.1, -0.05) is 6.58 Å². The van der Waals surface area contributed by atoms with Crippen molar-refractivity contribution in [1.29, 1.82) is 0 Å². The average Bonchev–Trinajstić information content (AvgIpc) is 2.48. The van der Waals surface area contributed by atoms with Gasteiger partial charge in [-0.2, -0.15) is 0 Å². The van der Waals surface area contributed by atoms with E-state index in [9.17, 15) is 4.79 Å². The van der Waals surface area contributed by atoms with Gasteiger partial charge in [0, 0.05) is 12.1 Å². The summed E-state index contributed by atoms with van der Waals surface area (Å²) in [6.45, 7) is 13.8. The normalized spacial score (nSPS) is 18.2. The number of nitrogens with zero attached hydrogens (tertiary/aromatic N) is 2. The Morgan fingerprint density at radius 3 is 2.58 bits per heavy atom. The lowest BCUT2D eigenvalue weighted by atomic mass is 10.1. The first-order valence-electron chi connectivity index (χ1n) is 6.53. The fourth-order valence-electron chi connectivity index (χ4n) is 1.87. The summed E-state index contributed by atoms with van der Waals surface area (Å²) < 4.78 is 5.40. The van der Waals surface area contributed by atoms with Crippen LogP contribution in [0.4, 0.5) is 4.79 Å². The van der Waals surface area contributed by atoms with Crippen LogP contribution in [0.1, 0.15) is 47.5 Å². The number of hydrogen-bond acceptors (Lipinski definition) is 4. The number of rotatable bonds is 3. The molecule has 0 bridgehead atoms. The molecule has 0 aliphatic carbocycles. The molecule has 2 N–H and O–H groups in total. The Balaban J connectivity index is 2.79. The highest BCUT2D eigenvalue weighted by molar-refractivity contribution is 5.97. The van der Waals surface area contributed by atoms with Crippen LogP contribution in [-0.4, -0.2) is 34.5 Å². The molecule has 5 heteroatoms. The molecule has 1 aliphatic heterocycles. The van der Waals surface area contributed by atoms with E-state index in [2.05, 4.69) is 11.6 Å². The van der Waals surface area contributed by atoms with E-state index < -0.39 is 5.60 Å². The number of nitrogens with two attached hydrogens (primary N) is 1. The van der Waals surface area contributed by atoms with Crippen molar-refractivity contribution >= 4 is 11.9 Å². The van der Waals surface area contributed by atoms with Crippen LogP contribution in [0.2, 0.25) is 0 Å². The van der Waals surface area contributed by atoms with E-state index in [0.717, 1.165) is 5.84 Å². The highest BCUT2D eigenvalue weighted by Crippen LogP contribution is 2.24. The second-order valence-electron chi connectivity index (χ2n) is 6.57. The number of amidine groups is 1. The first kappa shape index (κ1) is 15.5. The number of aliphatic imine (C=N–C) groups is 1. The van der Waals surface area contributed by atoms with Crippen LogP contribution in [0, 0.1) is 0 Å². The number of carbonyl (C=O) groups excluding carboxylic acids is 1. The first-order chi connectivity index (χ1) is 8.50. The van der Waals surface area contributed by atoms with Crippen LogP contribution >= 0.6 is 0 Å². The molecule has 108 valence electrons. The van der Waals surface area contributed by atoms with Crippen LogP contribution < -0.4 is 5.73 Å². The minimum atomic E-state index is -0.508. The number of carbonyl (C=O) groups is 1. The van der Waals surface area contributed by atoms with E-state index in [1.807, 2.05) is 34.6 Å². The quantitative estimate of drug-likeness (QED) is 0.854. The molecule has 1 amide bonds. The summed E-state index contributed by atoms with van der Waals surface area (Å²) in [7, 11) is 0. The molecule has 0 atom stereocenters. The minimum absolute atomic E-state index is 0.276. The van der Waals surface area contributed by atoms with E-state index in [1.165, 1.54) is 0 Å². The van der Waals surface area contributed by atoms with Crippen LogP contribution in [0.5, 0.6) is 0 Å². The van der Waals surface area contributed by atoms with Crippen molar-refractivity contribution in [1.82, 2.24) is 4.90 Å². The molecular formula is C14H25N3O2. The molecule has 0 saturated carbocycles. The molecule has 0 aromatic rings. The van der Waals surface area contributed by atoms with Gasteiger partial charge in [0.1, 0.15) is 11.4 Å². The summed E-state index contributed by atoms with van der Waals surface area (Å²) in [5, 5.41) is 0. The second kappa shape index (κ2) is 5.23. The number of ether oxygens (including phenoxy) is 1. The Labute approximate surface area is 115 Å². The van der Waals surface area contributed by atoms with Gasteiger partial charge in [0.05, 0.1) is 12.1 Å². The largest absolute Gasteiger partial charge is 0.443 e. The van der Waals surface area contributed by atoms with Crippen molar-refractivity contribution in [3.63, 3.8) is 0 Å². The van der Waals surface area contributed by atoms with Gasteiger partial charge in [0.25, 0.3) is 0 Å². The molecule has 0 unspecified atom stereocenters. The predicted octanol–water partition coefficient (Wildman–Crippen LogP) is 2.67. The van der Waals surface area contributed by atoms with Crippen molar-refractivity contribution in [2.24, 2.45) is 10.7 Å². The topological polar surface area (TPSA) is 67.9 Å². The zero-order valence-corrected chi connectivity index (χ0v) is 12.6. The summed E-state index contributed by atoms with van der Waals surface area (Å²) in [6, 6.07) is 0. The fraction of sp³-hybridized carbons (Fsp3) is 0.714. The van der Waals surface area contributed by atoms with E-state index in [1.54, 1.807) is 4.90 Å². The summed E-state index contributed by atoms with van der Waals surface area (Å²) in [5.41, 5.74) is 5.39. The second-order valence-corrected chi connectivity index (χ2v) is 6.57. The lowest BCUT2D eigenvalue weighted by Gasteiger charge is -2.26. The van der Waals surface area contributed by atoms with Crippen molar-refractivity contribution in [3.05, 3.63) is 12.3 Å². The van der Waals surface area contributed by atoms with Gasteiger partial charge in [-0.3, -0.25) is 9.89 Å². The molecule has 0 aromatic carbocycles. The van der Waals surface area contributed by atoms with E-state index in [-0.39, 0.29) is 11.6 Å². The zero-order chi connectivity index (χ0) is 14.8. The standard InChI is InChI=1S/C14H25N3O2/c1-10(15)7-8-11-16-14(5,6)9-17(11)12(18)19-13(2,3)4/h1,7-9,15H2,2-6H3. The van der Waals surface area contributed by atoms with Crippen molar-refractivity contribution in [2.45, 2.75) is 58.6 Å². The lowest BCUT2D eigenvalue weighted by Crippen LogP contribution is -2.41. The molecule has 1 rings (SSSR count). The summed E-state index contributed by atoms with van der Waals surface area (Å²) in [6.07, 6.45) is 0.881. The molecule has 0 saturated heterocycles. The van der Waals surface area contributed by atoms with Gasteiger partial charge in [-0.05, 0) is 41.0 Å². The maximum atomic E-state index is 12.2. The monoisotopic (exact) mass is 267 g/mol. The van der Waals surface area contributed by atoms with Crippen molar-refractivity contribution in [3.8, 4) is 0 Å². The molecule has 0 spiro atoms. The Morgan fingerprint density at radius 1 is 1.53 bits per heavy atom. The third kappa shape index (κ3) is 4.93.